The Kier molecular flexibility index (Phi) is 4.42. The number of hydrogen-bond acceptors (Lipinski definition) is 5. The van der Waals surface area contributed by atoms with Crippen molar-refractivity contribution in [3.8, 4) is 0 Å². The third-order valence-corrected chi connectivity index (χ3v) is 2.26. The third-order valence-electron chi connectivity index (χ3n) is 2.26. The number of hydrogen-bond donors (Lipinski definition) is 1. The number of likely N-dealkylation sites (tertiary alicyclic amines) is 1. The average Bonchev–Trinajstić information content (AvgIpc) is 2.49. The molecule has 16 heavy (non-hydrogen) atoms. The van der Waals surface area contributed by atoms with Crippen molar-refractivity contribution in [3.05, 3.63) is 0 Å². The molecule has 0 saturated carbocycles. The van der Waals surface area contributed by atoms with Crippen LogP contribution in [0.5, 0.6) is 0 Å². The van der Waals surface area contributed by atoms with Crippen molar-refractivity contribution in [2.75, 3.05) is 13.2 Å². The summed E-state index contributed by atoms with van der Waals surface area (Å²) >= 11 is 0. The van der Waals surface area contributed by atoms with E-state index in [2.05, 4.69) is 4.74 Å². The van der Waals surface area contributed by atoms with E-state index in [-0.39, 0.29) is 44.2 Å². The minimum absolute atomic E-state index is 0.128. The highest BCUT2D eigenvalue weighted by Gasteiger charge is 2.30. The number of nitrogens with zero attached hydrogens (tertiary/aromatic N) is 1. The maximum absolute atomic E-state index is 11.2. The van der Waals surface area contributed by atoms with Crippen molar-refractivity contribution < 1.29 is 24.2 Å². The quantitative estimate of drug-likeness (QED) is 0.505. The van der Waals surface area contributed by atoms with Crippen LogP contribution in [0.2, 0.25) is 0 Å². The number of β-amino-alcohol motifs (C(OH)–C–C–N with tert-alkyl or cyclic N) is 1. The highest BCUT2D eigenvalue weighted by atomic mass is 16.5. The van der Waals surface area contributed by atoms with Gasteiger partial charge in [0.25, 0.3) is 0 Å². The molecular formula is C10H15NO5. The molecule has 1 atom stereocenters. The van der Waals surface area contributed by atoms with E-state index >= 15 is 0 Å². The second-order valence-corrected chi connectivity index (χ2v) is 3.56. The van der Waals surface area contributed by atoms with E-state index in [1.54, 1.807) is 6.92 Å². The SMILES string of the molecule is CCOC(=O)CC(O)CN1C(=O)CCC1=O. The summed E-state index contributed by atoms with van der Waals surface area (Å²) in [6, 6.07) is 0. The van der Waals surface area contributed by atoms with Crippen LogP contribution in [0.4, 0.5) is 0 Å². The number of aliphatic hydroxyl groups excluding tert-OH is 1. The fraction of sp³-hybridized carbons (Fsp3) is 0.700. The summed E-state index contributed by atoms with van der Waals surface area (Å²) in [7, 11) is 0. The van der Waals surface area contributed by atoms with Gasteiger partial charge in [-0.15, -0.1) is 0 Å². The van der Waals surface area contributed by atoms with Crippen LogP contribution in [0.25, 0.3) is 0 Å². The lowest BCUT2D eigenvalue weighted by molar-refractivity contribution is -0.148. The van der Waals surface area contributed by atoms with Crippen LogP contribution in [0.15, 0.2) is 0 Å². The number of rotatable bonds is 5. The van der Waals surface area contributed by atoms with Gasteiger partial charge < -0.3 is 9.84 Å². The van der Waals surface area contributed by atoms with E-state index in [4.69, 9.17) is 0 Å². The summed E-state index contributed by atoms with van der Waals surface area (Å²) in [6.07, 6.45) is -0.883. The summed E-state index contributed by atoms with van der Waals surface area (Å²) in [5, 5.41) is 9.50. The largest absolute Gasteiger partial charge is 0.466 e. The van der Waals surface area contributed by atoms with E-state index in [0.717, 1.165) is 4.90 Å². The first kappa shape index (κ1) is 12.6. The molecule has 6 nitrogen and oxygen atoms in total. The maximum atomic E-state index is 11.2. The normalized spacial score (nSPS) is 17.8. The lowest BCUT2D eigenvalue weighted by atomic mass is 10.2. The molecule has 2 amide bonds. The number of amides is 2. The predicted molar refractivity (Wildman–Crippen MR) is 53.2 cm³/mol. The Balaban J connectivity index is 2.39. The summed E-state index contributed by atoms with van der Waals surface area (Å²) < 4.78 is 4.64. The van der Waals surface area contributed by atoms with Crippen LogP contribution in [0.1, 0.15) is 26.2 Å². The molecule has 0 bridgehead atoms. The molecule has 0 aliphatic carbocycles. The molecule has 1 fully saturated rings. The third kappa shape index (κ3) is 3.30. The van der Waals surface area contributed by atoms with E-state index in [1.807, 2.05) is 0 Å². The lowest BCUT2D eigenvalue weighted by Gasteiger charge is -2.17. The molecule has 1 rings (SSSR count). The fourth-order valence-corrected chi connectivity index (χ4v) is 1.51. The van der Waals surface area contributed by atoms with Gasteiger partial charge in [-0.2, -0.15) is 0 Å². The van der Waals surface area contributed by atoms with Crippen molar-refractivity contribution in [2.45, 2.75) is 32.3 Å². The minimum Gasteiger partial charge on any atom is -0.466 e. The maximum Gasteiger partial charge on any atom is 0.308 e. The summed E-state index contributed by atoms with van der Waals surface area (Å²) in [5.74, 6) is -1.13. The van der Waals surface area contributed by atoms with Crippen molar-refractivity contribution in [1.82, 2.24) is 4.90 Å². The molecule has 0 radical (unpaired) electrons. The zero-order valence-corrected chi connectivity index (χ0v) is 9.14. The molecule has 0 aromatic heterocycles. The Morgan fingerprint density at radius 3 is 2.50 bits per heavy atom. The van der Waals surface area contributed by atoms with Crippen LogP contribution in [0, 0.1) is 0 Å². The molecule has 6 heteroatoms. The molecule has 1 aliphatic rings. The van der Waals surface area contributed by atoms with Crippen LogP contribution in [0.3, 0.4) is 0 Å². The highest BCUT2D eigenvalue weighted by molar-refractivity contribution is 6.01. The highest BCUT2D eigenvalue weighted by Crippen LogP contribution is 2.12. The zero-order chi connectivity index (χ0) is 12.1. The number of aliphatic hydroxyl groups is 1. The topological polar surface area (TPSA) is 83.9 Å². The summed E-state index contributed by atoms with van der Waals surface area (Å²) in [5.41, 5.74) is 0. The van der Waals surface area contributed by atoms with Crippen LogP contribution >= 0.6 is 0 Å². The molecule has 1 heterocycles. The summed E-state index contributed by atoms with van der Waals surface area (Å²) in [6.45, 7) is 1.78. The lowest BCUT2D eigenvalue weighted by Crippen LogP contribution is -2.37. The number of esters is 1. The van der Waals surface area contributed by atoms with Crippen LogP contribution in [-0.2, 0) is 19.1 Å². The summed E-state index contributed by atoms with van der Waals surface area (Å²) in [4.78, 5) is 34.4. The Labute approximate surface area is 93.2 Å². The first-order chi connectivity index (χ1) is 7.54. The van der Waals surface area contributed by atoms with Gasteiger partial charge >= 0.3 is 5.97 Å². The van der Waals surface area contributed by atoms with E-state index in [0.29, 0.717) is 0 Å². The van der Waals surface area contributed by atoms with Gasteiger partial charge in [-0.1, -0.05) is 0 Å². The fourth-order valence-electron chi connectivity index (χ4n) is 1.51. The van der Waals surface area contributed by atoms with Gasteiger partial charge in [-0.3, -0.25) is 19.3 Å². The predicted octanol–water partition coefficient (Wildman–Crippen LogP) is -0.550. The molecule has 0 aromatic rings. The number of carbonyl (C=O) groups excluding carboxylic acids is 3. The number of ether oxygens (including phenoxy) is 1. The Morgan fingerprint density at radius 2 is 2.00 bits per heavy atom. The second kappa shape index (κ2) is 5.60. The van der Waals surface area contributed by atoms with Crippen molar-refractivity contribution in [2.24, 2.45) is 0 Å². The van der Waals surface area contributed by atoms with Gasteiger partial charge in [0.15, 0.2) is 0 Å². The molecule has 1 unspecified atom stereocenters. The van der Waals surface area contributed by atoms with E-state index < -0.39 is 12.1 Å². The van der Waals surface area contributed by atoms with Gasteiger partial charge in [-0.05, 0) is 6.92 Å². The van der Waals surface area contributed by atoms with Crippen LogP contribution in [-0.4, -0.2) is 47.0 Å². The minimum atomic E-state index is -1.05. The molecule has 1 aliphatic heterocycles. The Bertz CT molecular complexity index is 286. The van der Waals surface area contributed by atoms with Crippen molar-refractivity contribution in [1.29, 1.82) is 0 Å². The standard InChI is InChI=1S/C10H15NO5/c1-2-16-10(15)5-7(12)6-11-8(13)3-4-9(11)14/h7,12H,2-6H2,1H3. The molecular weight excluding hydrogens is 214 g/mol. The van der Waals surface area contributed by atoms with Gasteiger partial charge in [-0.25, -0.2) is 0 Å². The molecule has 0 spiro atoms. The van der Waals surface area contributed by atoms with Crippen molar-refractivity contribution >= 4 is 17.8 Å². The number of carbonyl (C=O) groups is 3. The van der Waals surface area contributed by atoms with Crippen LogP contribution < -0.4 is 0 Å². The molecule has 0 aromatic carbocycles. The zero-order valence-electron chi connectivity index (χ0n) is 9.14. The van der Waals surface area contributed by atoms with Gasteiger partial charge in [0.1, 0.15) is 0 Å². The van der Waals surface area contributed by atoms with E-state index in [1.165, 1.54) is 0 Å². The Morgan fingerprint density at radius 1 is 1.44 bits per heavy atom. The average molecular weight is 229 g/mol. The molecule has 1 saturated heterocycles. The van der Waals surface area contributed by atoms with Gasteiger partial charge in [0.05, 0.1) is 25.7 Å². The first-order valence-electron chi connectivity index (χ1n) is 5.21. The Hall–Kier alpha value is -1.43. The molecule has 90 valence electrons. The monoisotopic (exact) mass is 229 g/mol. The van der Waals surface area contributed by atoms with Gasteiger partial charge in [0.2, 0.25) is 11.8 Å². The first-order valence-corrected chi connectivity index (χ1v) is 5.21. The van der Waals surface area contributed by atoms with Crippen molar-refractivity contribution in [3.63, 3.8) is 0 Å². The van der Waals surface area contributed by atoms with Gasteiger partial charge in [0, 0.05) is 12.8 Å². The second-order valence-electron chi connectivity index (χ2n) is 3.56. The smallest absolute Gasteiger partial charge is 0.308 e. The number of imide groups is 1. The van der Waals surface area contributed by atoms with E-state index in [9.17, 15) is 19.5 Å². The molecule has 1 N–H and O–H groups in total.